The Hall–Kier alpha value is -6.43. The molecule has 15 heteroatoms. The maximum atomic E-state index is 15.4. The fourth-order valence-corrected chi connectivity index (χ4v) is 6.38. The highest BCUT2D eigenvalue weighted by Gasteiger charge is 2.49. The predicted molar refractivity (Wildman–Crippen MR) is 171 cm³/mol. The van der Waals surface area contributed by atoms with Crippen LogP contribution in [0.2, 0.25) is 0 Å². The van der Waals surface area contributed by atoms with Crippen LogP contribution in [0.25, 0.3) is 0 Å². The summed E-state index contributed by atoms with van der Waals surface area (Å²) in [6, 6.07) is 14.0. The van der Waals surface area contributed by atoms with Gasteiger partial charge in [-0.2, -0.15) is 19.1 Å². The van der Waals surface area contributed by atoms with Crippen molar-refractivity contribution in [1.29, 1.82) is 5.26 Å². The van der Waals surface area contributed by atoms with Crippen molar-refractivity contribution >= 4 is 29.1 Å². The first-order valence-corrected chi connectivity index (χ1v) is 15.3. The van der Waals surface area contributed by atoms with E-state index in [4.69, 9.17) is 9.26 Å². The van der Waals surface area contributed by atoms with Crippen molar-refractivity contribution in [2.45, 2.75) is 24.9 Å². The van der Waals surface area contributed by atoms with Crippen LogP contribution in [0.1, 0.15) is 59.7 Å². The van der Waals surface area contributed by atoms with Crippen molar-refractivity contribution in [3.63, 3.8) is 0 Å². The van der Waals surface area contributed by atoms with Gasteiger partial charge in [-0.05, 0) is 61.5 Å². The molecule has 5 aromatic rings. The van der Waals surface area contributed by atoms with Gasteiger partial charge in [0, 0.05) is 35.5 Å². The molecular formula is C35H26F3N7O5. The van der Waals surface area contributed by atoms with Crippen molar-refractivity contribution < 1.29 is 36.8 Å². The molecule has 0 bridgehead atoms. The van der Waals surface area contributed by atoms with Crippen LogP contribution < -0.4 is 15.0 Å². The lowest BCUT2D eigenvalue weighted by atomic mass is 9.99. The van der Waals surface area contributed by atoms with Gasteiger partial charge in [-0.1, -0.05) is 17.3 Å². The molecule has 0 radical (unpaired) electrons. The monoisotopic (exact) mass is 681 g/mol. The first kappa shape index (κ1) is 32.1. The molecule has 252 valence electrons. The van der Waals surface area contributed by atoms with Gasteiger partial charge in [0.15, 0.2) is 5.69 Å². The number of anilines is 2. The van der Waals surface area contributed by atoms with E-state index in [1.165, 1.54) is 76.4 Å². The molecule has 1 N–H and O–H groups in total. The zero-order chi connectivity index (χ0) is 35.3. The maximum absolute atomic E-state index is 15.4. The van der Waals surface area contributed by atoms with Crippen LogP contribution in [0, 0.1) is 24.1 Å². The fraction of sp³-hybridized carbons (Fsp3) is 0.200. The Bertz CT molecular complexity index is 2190. The Morgan fingerprint density at radius 1 is 1.02 bits per heavy atom. The Labute approximate surface area is 282 Å². The first-order chi connectivity index (χ1) is 24.0. The zero-order valence-electron chi connectivity index (χ0n) is 26.4. The number of nitrogens with one attached hydrogen (secondary N) is 1. The van der Waals surface area contributed by atoms with E-state index < -0.39 is 41.2 Å². The fourth-order valence-electron chi connectivity index (χ4n) is 6.38. The molecule has 0 unspecified atom stereocenters. The number of ether oxygens (including phenoxy) is 1. The molecule has 2 aromatic heterocycles. The number of halogens is 3. The molecule has 1 fully saturated rings. The largest absolute Gasteiger partial charge is 0.495 e. The molecule has 12 nitrogen and oxygen atoms in total. The molecule has 0 spiro atoms. The summed E-state index contributed by atoms with van der Waals surface area (Å²) >= 11 is 0. The molecule has 0 saturated carbocycles. The third-order valence-corrected chi connectivity index (χ3v) is 8.94. The van der Waals surface area contributed by atoms with Crippen LogP contribution in [-0.2, 0) is 5.92 Å². The number of amides is 3. The molecule has 2 atom stereocenters. The Kier molecular flexibility index (Phi) is 7.86. The van der Waals surface area contributed by atoms with Gasteiger partial charge in [0.2, 0.25) is 0 Å². The number of aromatic nitrogens is 3. The summed E-state index contributed by atoms with van der Waals surface area (Å²) in [4.78, 5) is 44.2. The SMILES string of the molecule is COc1ccc(C(=O)Nc2cnn3c2C(=O)N(c2ccc(C(F)(F)c4ccc(F)cc4)cc2)[C@H]2CN(C(=O)c4cnoc4C)C[C@H]23)cc1C#N. The molecule has 2 aliphatic heterocycles. The van der Waals surface area contributed by atoms with E-state index in [1.54, 1.807) is 6.92 Å². The van der Waals surface area contributed by atoms with E-state index in [1.807, 2.05) is 6.07 Å². The molecule has 4 heterocycles. The van der Waals surface area contributed by atoms with Crippen molar-refractivity contribution in [3.8, 4) is 11.8 Å². The van der Waals surface area contributed by atoms with Gasteiger partial charge in [0.25, 0.3) is 23.6 Å². The number of fused-ring (bicyclic) bond motifs is 3. The molecule has 0 aliphatic carbocycles. The second-order valence-electron chi connectivity index (χ2n) is 11.8. The van der Waals surface area contributed by atoms with E-state index in [2.05, 4.69) is 15.6 Å². The minimum atomic E-state index is -3.46. The topological polar surface area (TPSA) is 147 Å². The van der Waals surface area contributed by atoms with Crippen LogP contribution >= 0.6 is 0 Å². The number of nitriles is 1. The van der Waals surface area contributed by atoms with Crippen LogP contribution in [0.3, 0.4) is 0 Å². The van der Waals surface area contributed by atoms with Crippen molar-refractivity contribution in [3.05, 3.63) is 124 Å². The summed E-state index contributed by atoms with van der Waals surface area (Å²) in [5.41, 5.74) is 0.0549. The van der Waals surface area contributed by atoms with E-state index in [9.17, 15) is 24.0 Å². The van der Waals surface area contributed by atoms with Crippen LogP contribution in [0.4, 0.5) is 24.5 Å². The standard InChI is InChI=1S/C35H26F3N7O5/c1-19-26(15-41-50-19)33(47)43-17-28-29(18-43)45-31(27(16-40-45)42-32(46)20-3-12-30(49-2)21(13-20)14-39)34(48)44(28)25-10-6-23(7-11-25)35(37,38)22-4-8-24(36)9-5-22/h3-13,15-16,28-29H,17-18H2,1-2H3,(H,42,46)/t28-,29+/m0/s1. The highest BCUT2D eigenvalue weighted by atomic mass is 19.3. The minimum Gasteiger partial charge on any atom is -0.495 e. The Morgan fingerprint density at radius 3 is 2.34 bits per heavy atom. The number of nitrogens with zero attached hydrogens (tertiary/aromatic N) is 6. The van der Waals surface area contributed by atoms with Gasteiger partial charge < -0.3 is 19.5 Å². The lowest BCUT2D eigenvalue weighted by Crippen LogP contribution is -2.51. The van der Waals surface area contributed by atoms with Gasteiger partial charge in [-0.15, -0.1) is 0 Å². The van der Waals surface area contributed by atoms with E-state index >= 15 is 8.78 Å². The number of hydrogen-bond acceptors (Lipinski definition) is 8. The van der Waals surface area contributed by atoms with E-state index in [-0.39, 0.29) is 64.1 Å². The number of carbonyl (C=O) groups is 3. The van der Waals surface area contributed by atoms with Gasteiger partial charge in [-0.25, -0.2) is 4.39 Å². The molecule has 50 heavy (non-hydrogen) atoms. The summed E-state index contributed by atoms with van der Waals surface area (Å²) in [6.45, 7) is 1.78. The summed E-state index contributed by atoms with van der Waals surface area (Å²) in [5.74, 6) is -5.11. The second-order valence-corrected chi connectivity index (χ2v) is 11.8. The highest BCUT2D eigenvalue weighted by molar-refractivity contribution is 6.13. The highest BCUT2D eigenvalue weighted by Crippen LogP contribution is 2.41. The maximum Gasteiger partial charge on any atom is 0.298 e. The molecule has 7 rings (SSSR count). The quantitative estimate of drug-likeness (QED) is 0.243. The van der Waals surface area contributed by atoms with Gasteiger partial charge in [0.1, 0.15) is 29.0 Å². The average molecular weight is 682 g/mol. The Balaban J connectivity index is 1.25. The normalized spacial score (nSPS) is 16.8. The van der Waals surface area contributed by atoms with E-state index in [0.717, 1.165) is 24.3 Å². The van der Waals surface area contributed by atoms with Crippen molar-refractivity contribution in [1.82, 2.24) is 19.8 Å². The number of carbonyl (C=O) groups excluding carboxylic acids is 3. The summed E-state index contributed by atoms with van der Waals surface area (Å²) in [7, 11) is 1.40. The van der Waals surface area contributed by atoms with Gasteiger partial charge in [-0.3, -0.25) is 24.0 Å². The summed E-state index contributed by atoms with van der Waals surface area (Å²) in [6.07, 6.45) is 2.63. The second kappa shape index (κ2) is 12.2. The number of benzene rings is 3. The number of rotatable bonds is 7. The zero-order valence-corrected chi connectivity index (χ0v) is 26.4. The van der Waals surface area contributed by atoms with Gasteiger partial charge >= 0.3 is 0 Å². The van der Waals surface area contributed by atoms with Crippen LogP contribution in [-0.4, -0.2) is 63.8 Å². The third-order valence-electron chi connectivity index (χ3n) is 8.94. The van der Waals surface area contributed by atoms with Crippen molar-refractivity contribution in [2.24, 2.45) is 0 Å². The van der Waals surface area contributed by atoms with Crippen LogP contribution in [0.15, 0.2) is 83.6 Å². The van der Waals surface area contributed by atoms with Gasteiger partial charge in [0.05, 0.1) is 42.8 Å². The molecular weight excluding hydrogens is 655 g/mol. The van der Waals surface area contributed by atoms with Crippen molar-refractivity contribution in [2.75, 3.05) is 30.4 Å². The third kappa shape index (κ3) is 5.30. The molecule has 3 aromatic carbocycles. The number of aryl methyl sites for hydroxylation is 1. The predicted octanol–water partition coefficient (Wildman–Crippen LogP) is 5.32. The lowest BCUT2D eigenvalue weighted by molar-refractivity contribution is 0.0428. The smallest absolute Gasteiger partial charge is 0.298 e. The number of hydrogen-bond donors (Lipinski definition) is 1. The minimum absolute atomic E-state index is 0.00444. The molecule has 2 aliphatic rings. The number of methoxy groups -OCH3 is 1. The van der Waals surface area contributed by atoms with Crippen LogP contribution in [0.5, 0.6) is 5.75 Å². The average Bonchev–Trinajstić information content (AvgIpc) is 3.87. The molecule has 3 amide bonds. The number of alkyl halides is 2. The summed E-state index contributed by atoms with van der Waals surface area (Å²) < 4.78 is 56.0. The number of likely N-dealkylation sites (tertiary alicyclic amines) is 1. The lowest BCUT2D eigenvalue weighted by Gasteiger charge is -2.37. The summed E-state index contributed by atoms with van der Waals surface area (Å²) in [5, 5.41) is 20.3. The Morgan fingerprint density at radius 2 is 1.70 bits per heavy atom. The first-order valence-electron chi connectivity index (χ1n) is 15.3. The van der Waals surface area contributed by atoms with E-state index in [0.29, 0.717) is 5.76 Å². The molecule has 1 saturated heterocycles.